The molecule has 2 aromatic rings. The molecule has 2 aliphatic rings. The molecule has 0 radical (unpaired) electrons. The molecule has 1 N–H and O–H groups in total. The van der Waals surface area contributed by atoms with Crippen LogP contribution in [0.2, 0.25) is 0 Å². The number of likely N-dealkylation sites (tertiary alicyclic amines) is 1. The molecule has 0 saturated carbocycles. The van der Waals surface area contributed by atoms with Gasteiger partial charge in [0.15, 0.2) is 0 Å². The Hall–Kier alpha value is -2.20. The first-order valence-corrected chi connectivity index (χ1v) is 8.88. The van der Waals surface area contributed by atoms with Crippen molar-refractivity contribution >= 4 is 5.91 Å². The second-order valence-electron chi connectivity index (χ2n) is 7.38. The van der Waals surface area contributed by atoms with E-state index in [1.165, 1.54) is 11.6 Å². The monoisotopic (exact) mass is 338 g/mol. The summed E-state index contributed by atoms with van der Waals surface area (Å²) in [5.74, 6) is 0.0150. The van der Waals surface area contributed by atoms with Crippen LogP contribution in [0.15, 0.2) is 42.5 Å². The van der Waals surface area contributed by atoms with Crippen molar-refractivity contribution in [3.05, 3.63) is 59.4 Å². The second-order valence-corrected chi connectivity index (χ2v) is 7.38. The van der Waals surface area contributed by atoms with Gasteiger partial charge in [0.25, 0.3) is 0 Å². The molecule has 2 atom stereocenters. The van der Waals surface area contributed by atoms with Gasteiger partial charge in [0.2, 0.25) is 5.91 Å². The number of aryl methyl sites for hydroxylation is 1. The first-order valence-electron chi connectivity index (χ1n) is 8.88. The van der Waals surface area contributed by atoms with E-state index < -0.39 is 0 Å². The summed E-state index contributed by atoms with van der Waals surface area (Å²) in [6, 6.07) is 13.5. The van der Waals surface area contributed by atoms with Gasteiger partial charge in [0, 0.05) is 19.6 Å². The van der Waals surface area contributed by atoms with Gasteiger partial charge in [-0.3, -0.25) is 10.1 Å². The van der Waals surface area contributed by atoms with Gasteiger partial charge in [0.1, 0.15) is 11.4 Å². The van der Waals surface area contributed by atoms with Crippen molar-refractivity contribution in [3.8, 4) is 11.1 Å². The number of likely N-dealkylation sites (N-methyl/N-ethyl adjacent to an activating group) is 1. The zero-order chi connectivity index (χ0) is 17.6. The van der Waals surface area contributed by atoms with Gasteiger partial charge >= 0.3 is 0 Å². The normalized spacial score (nSPS) is 26.0. The minimum absolute atomic E-state index is 0.191. The molecule has 1 amide bonds. The fourth-order valence-corrected chi connectivity index (χ4v) is 4.29. The van der Waals surface area contributed by atoms with Crippen molar-refractivity contribution < 1.29 is 9.18 Å². The number of rotatable bonds is 2. The lowest BCUT2D eigenvalue weighted by Gasteiger charge is -2.23. The van der Waals surface area contributed by atoms with E-state index in [9.17, 15) is 9.18 Å². The molecule has 2 aliphatic heterocycles. The Morgan fingerprint density at radius 2 is 2.04 bits per heavy atom. The van der Waals surface area contributed by atoms with E-state index >= 15 is 0 Å². The molecule has 0 bridgehead atoms. The fourth-order valence-electron chi connectivity index (χ4n) is 4.29. The summed E-state index contributed by atoms with van der Waals surface area (Å²) in [5, 5.41) is 3.61. The van der Waals surface area contributed by atoms with Crippen LogP contribution in [-0.4, -0.2) is 29.9 Å². The average Bonchev–Trinajstić information content (AvgIpc) is 3.15. The number of hydrogen-bond donors (Lipinski definition) is 1. The minimum Gasteiger partial charge on any atom is -0.344 e. The zero-order valence-electron chi connectivity index (χ0n) is 14.7. The molecule has 2 aromatic carbocycles. The van der Waals surface area contributed by atoms with E-state index in [2.05, 4.69) is 23.5 Å². The summed E-state index contributed by atoms with van der Waals surface area (Å²) < 4.78 is 13.4. The summed E-state index contributed by atoms with van der Waals surface area (Å²) in [5.41, 5.74) is 3.89. The molecule has 130 valence electrons. The van der Waals surface area contributed by atoms with Crippen molar-refractivity contribution in [1.29, 1.82) is 0 Å². The van der Waals surface area contributed by atoms with Crippen molar-refractivity contribution in [2.45, 2.75) is 37.8 Å². The Morgan fingerprint density at radius 1 is 1.20 bits per heavy atom. The largest absolute Gasteiger partial charge is 0.344 e. The van der Waals surface area contributed by atoms with Gasteiger partial charge < -0.3 is 4.90 Å². The minimum atomic E-state index is -0.374. The van der Waals surface area contributed by atoms with E-state index in [1.807, 2.05) is 31.0 Å². The van der Waals surface area contributed by atoms with Gasteiger partial charge in [0.05, 0.1) is 0 Å². The lowest BCUT2D eigenvalue weighted by Crippen LogP contribution is -2.47. The highest BCUT2D eigenvalue weighted by Crippen LogP contribution is 2.39. The molecule has 4 rings (SSSR count). The first-order chi connectivity index (χ1) is 12.0. The van der Waals surface area contributed by atoms with E-state index in [0.717, 1.165) is 42.5 Å². The molecule has 3 nitrogen and oxygen atoms in total. The maximum absolute atomic E-state index is 13.4. The number of nitrogens with zero attached hydrogens (tertiary/aromatic N) is 1. The van der Waals surface area contributed by atoms with Crippen LogP contribution in [0.4, 0.5) is 4.39 Å². The third-order valence-electron chi connectivity index (χ3n) is 5.73. The Balaban J connectivity index is 1.62. The Kier molecular flexibility index (Phi) is 3.88. The van der Waals surface area contributed by atoms with E-state index in [1.54, 1.807) is 6.07 Å². The van der Waals surface area contributed by atoms with Crippen LogP contribution in [0.25, 0.3) is 11.1 Å². The SMILES string of the molecule is Cc1cc(F)ccc1-c1cccc([C@H]2CC[C@@]3(CCN(C)C3=O)N2)c1. The highest BCUT2D eigenvalue weighted by Gasteiger charge is 2.49. The number of hydrogen-bond acceptors (Lipinski definition) is 2. The maximum Gasteiger partial charge on any atom is 0.242 e. The predicted molar refractivity (Wildman–Crippen MR) is 96.7 cm³/mol. The highest BCUT2D eigenvalue weighted by molar-refractivity contribution is 5.88. The van der Waals surface area contributed by atoms with Crippen LogP contribution in [0, 0.1) is 12.7 Å². The van der Waals surface area contributed by atoms with E-state index in [4.69, 9.17) is 0 Å². The van der Waals surface area contributed by atoms with Crippen molar-refractivity contribution in [3.63, 3.8) is 0 Å². The smallest absolute Gasteiger partial charge is 0.242 e. The van der Waals surface area contributed by atoms with Crippen molar-refractivity contribution in [1.82, 2.24) is 10.2 Å². The molecule has 2 fully saturated rings. The summed E-state index contributed by atoms with van der Waals surface area (Å²) >= 11 is 0. The molecule has 4 heteroatoms. The summed E-state index contributed by atoms with van der Waals surface area (Å²) in [6.07, 6.45) is 2.74. The molecular formula is C21H23FN2O. The lowest BCUT2D eigenvalue weighted by atomic mass is 9.95. The van der Waals surface area contributed by atoms with Crippen LogP contribution >= 0.6 is 0 Å². The quantitative estimate of drug-likeness (QED) is 0.903. The van der Waals surface area contributed by atoms with Crippen LogP contribution in [0.5, 0.6) is 0 Å². The Labute approximate surface area is 147 Å². The van der Waals surface area contributed by atoms with Gasteiger partial charge in [-0.25, -0.2) is 4.39 Å². The summed E-state index contributed by atoms with van der Waals surface area (Å²) in [4.78, 5) is 14.3. The summed E-state index contributed by atoms with van der Waals surface area (Å²) in [7, 11) is 1.88. The molecule has 0 unspecified atom stereocenters. The lowest BCUT2D eigenvalue weighted by molar-refractivity contribution is -0.131. The van der Waals surface area contributed by atoms with Crippen LogP contribution in [0.1, 0.15) is 36.4 Å². The topological polar surface area (TPSA) is 32.3 Å². The highest BCUT2D eigenvalue weighted by atomic mass is 19.1. The number of carbonyl (C=O) groups is 1. The van der Waals surface area contributed by atoms with Gasteiger partial charge in [-0.1, -0.05) is 24.3 Å². The van der Waals surface area contributed by atoms with Gasteiger partial charge in [-0.05, 0) is 66.6 Å². The molecule has 1 spiro atoms. The van der Waals surface area contributed by atoms with E-state index in [0.29, 0.717) is 0 Å². The number of benzene rings is 2. The Morgan fingerprint density at radius 3 is 2.76 bits per heavy atom. The first kappa shape index (κ1) is 16.3. The number of amides is 1. The number of halogens is 1. The standard InChI is InChI=1S/C21H23FN2O/c1-14-12-17(22)6-7-18(14)15-4-3-5-16(13-15)19-8-9-21(23-19)10-11-24(2)20(21)25/h3-7,12-13,19,23H,8-11H2,1-2H3/t19-,21+/m1/s1. The van der Waals surface area contributed by atoms with Gasteiger partial charge in [-0.15, -0.1) is 0 Å². The third-order valence-corrected chi connectivity index (χ3v) is 5.73. The molecular weight excluding hydrogens is 315 g/mol. The summed E-state index contributed by atoms with van der Waals surface area (Å²) in [6.45, 7) is 2.76. The predicted octanol–water partition coefficient (Wildman–Crippen LogP) is 3.83. The maximum atomic E-state index is 13.4. The third kappa shape index (κ3) is 2.74. The molecule has 0 aliphatic carbocycles. The number of nitrogens with one attached hydrogen (secondary N) is 1. The molecule has 2 heterocycles. The fraction of sp³-hybridized carbons (Fsp3) is 0.381. The van der Waals surface area contributed by atoms with Crippen LogP contribution in [-0.2, 0) is 4.79 Å². The van der Waals surface area contributed by atoms with Crippen LogP contribution < -0.4 is 5.32 Å². The Bertz CT molecular complexity index is 834. The van der Waals surface area contributed by atoms with Gasteiger partial charge in [-0.2, -0.15) is 0 Å². The van der Waals surface area contributed by atoms with Crippen molar-refractivity contribution in [2.24, 2.45) is 0 Å². The second kappa shape index (κ2) is 5.95. The zero-order valence-corrected chi connectivity index (χ0v) is 14.7. The van der Waals surface area contributed by atoms with Crippen LogP contribution in [0.3, 0.4) is 0 Å². The average molecular weight is 338 g/mol. The van der Waals surface area contributed by atoms with Crippen molar-refractivity contribution in [2.75, 3.05) is 13.6 Å². The number of carbonyl (C=O) groups excluding carboxylic acids is 1. The molecule has 0 aromatic heterocycles. The molecule has 2 saturated heterocycles. The molecule has 25 heavy (non-hydrogen) atoms. The van der Waals surface area contributed by atoms with E-state index in [-0.39, 0.29) is 23.3 Å².